The standard InChI is InChI=1S/2C7H14O.C6H12O2.3CH4/c2*1-6-3-4-7(2)8-5-6;1-5-3-7-6(2)8-4-5;;;/h2*6-7H,3-5H2,1-2H3;5-6H,3-4H2,1-2H3;3*1H4. The molecule has 0 spiro atoms. The van der Waals surface area contributed by atoms with E-state index in [0.717, 1.165) is 38.3 Å². The van der Waals surface area contributed by atoms with Gasteiger partial charge in [0.1, 0.15) is 0 Å². The Labute approximate surface area is 171 Å². The molecule has 0 aromatic carbocycles. The third-order valence-electron chi connectivity index (χ3n) is 4.69. The molecule has 3 fully saturated rings. The molecule has 3 saturated heterocycles. The summed E-state index contributed by atoms with van der Waals surface area (Å²) in [6.45, 7) is 16.5. The van der Waals surface area contributed by atoms with Gasteiger partial charge in [0, 0.05) is 19.1 Å². The highest BCUT2D eigenvalue weighted by Crippen LogP contribution is 2.17. The van der Waals surface area contributed by atoms with Gasteiger partial charge < -0.3 is 18.9 Å². The monoisotopic (exact) mass is 392 g/mol. The third kappa shape index (κ3) is 16.5. The molecule has 4 atom stereocenters. The van der Waals surface area contributed by atoms with Gasteiger partial charge in [-0.3, -0.25) is 0 Å². The largest absolute Gasteiger partial charge is 0.378 e. The van der Waals surface area contributed by atoms with Crippen molar-refractivity contribution in [2.75, 3.05) is 26.4 Å². The maximum Gasteiger partial charge on any atom is 0.154 e. The SMILES string of the molecule is C.C.C.CC1CCC(C)OC1.CC1CCC(C)OC1.CC1COC(C)OC1. The minimum atomic E-state index is 0. The summed E-state index contributed by atoms with van der Waals surface area (Å²) in [5.41, 5.74) is 0. The molecule has 3 heterocycles. The van der Waals surface area contributed by atoms with Crippen LogP contribution in [-0.4, -0.2) is 44.9 Å². The predicted octanol–water partition coefficient (Wildman–Crippen LogP) is 6.57. The summed E-state index contributed by atoms with van der Waals surface area (Å²) in [5, 5.41) is 0. The first-order valence-corrected chi connectivity index (χ1v) is 9.83. The van der Waals surface area contributed by atoms with Crippen molar-refractivity contribution in [2.24, 2.45) is 17.8 Å². The Morgan fingerprint density at radius 1 is 0.444 bits per heavy atom. The molecule has 0 amide bonds. The molecule has 27 heavy (non-hydrogen) atoms. The highest BCUT2D eigenvalue weighted by atomic mass is 16.7. The van der Waals surface area contributed by atoms with Gasteiger partial charge in [-0.1, -0.05) is 43.1 Å². The maximum absolute atomic E-state index is 5.39. The average Bonchev–Trinajstić information content (AvgIpc) is 2.57. The first-order chi connectivity index (χ1) is 11.4. The fourth-order valence-electron chi connectivity index (χ4n) is 2.72. The summed E-state index contributed by atoms with van der Waals surface area (Å²) in [6.07, 6.45) is 6.26. The predicted molar refractivity (Wildman–Crippen MR) is 118 cm³/mol. The van der Waals surface area contributed by atoms with Crippen molar-refractivity contribution < 1.29 is 18.9 Å². The van der Waals surface area contributed by atoms with Crippen LogP contribution in [0.25, 0.3) is 0 Å². The van der Waals surface area contributed by atoms with Crippen LogP contribution in [0.2, 0.25) is 0 Å². The van der Waals surface area contributed by atoms with Gasteiger partial charge in [-0.15, -0.1) is 0 Å². The lowest BCUT2D eigenvalue weighted by Crippen LogP contribution is -2.27. The lowest BCUT2D eigenvalue weighted by atomic mass is 10.0. The van der Waals surface area contributed by atoms with Crippen LogP contribution >= 0.6 is 0 Å². The molecule has 0 aromatic rings. The van der Waals surface area contributed by atoms with E-state index in [-0.39, 0.29) is 28.6 Å². The lowest BCUT2D eigenvalue weighted by molar-refractivity contribution is -0.187. The molecule has 4 heteroatoms. The molecule has 0 aliphatic carbocycles. The zero-order valence-electron chi connectivity index (χ0n) is 16.8. The van der Waals surface area contributed by atoms with Gasteiger partial charge in [-0.25, -0.2) is 0 Å². The Bertz CT molecular complexity index is 209. The summed E-state index contributed by atoms with van der Waals surface area (Å²) in [6, 6.07) is 0. The van der Waals surface area contributed by atoms with Crippen molar-refractivity contribution in [3.8, 4) is 0 Å². The van der Waals surface area contributed by atoms with Crippen molar-refractivity contribution in [2.45, 2.75) is 108 Å². The van der Waals surface area contributed by atoms with Crippen LogP contribution in [0.15, 0.2) is 0 Å². The average molecular weight is 393 g/mol. The summed E-state index contributed by atoms with van der Waals surface area (Å²) in [5.74, 6) is 2.17. The molecule has 0 radical (unpaired) electrons. The molecular formula is C23H52O4. The van der Waals surface area contributed by atoms with Gasteiger partial charge in [0.2, 0.25) is 0 Å². The van der Waals surface area contributed by atoms with Crippen LogP contribution in [0.5, 0.6) is 0 Å². The van der Waals surface area contributed by atoms with Gasteiger partial charge in [-0.05, 0) is 58.3 Å². The van der Waals surface area contributed by atoms with E-state index in [2.05, 4.69) is 34.6 Å². The van der Waals surface area contributed by atoms with Crippen LogP contribution < -0.4 is 0 Å². The Balaban J connectivity index is -0.000000303. The second kappa shape index (κ2) is 17.9. The van der Waals surface area contributed by atoms with Crippen LogP contribution in [0.1, 0.15) is 89.5 Å². The number of ether oxygens (including phenoxy) is 4. The van der Waals surface area contributed by atoms with Crippen molar-refractivity contribution in [1.29, 1.82) is 0 Å². The summed E-state index contributed by atoms with van der Waals surface area (Å²) in [7, 11) is 0. The number of hydrogen-bond donors (Lipinski definition) is 0. The summed E-state index contributed by atoms with van der Waals surface area (Å²) in [4.78, 5) is 0. The Morgan fingerprint density at radius 2 is 0.778 bits per heavy atom. The summed E-state index contributed by atoms with van der Waals surface area (Å²) >= 11 is 0. The van der Waals surface area contributed by atoms with Gasteiger partial charge in [0.25, 0.3) is 0 Å². The second-order valence-electron chi connectivity index (χ2n) is 7.99. The van der Waals surface area contributed by atoms with E-state index in [1.807, 2.05) is 6.92 Å². The molecule has 4 nitrogen and oxygen atoms in total. The fourth-order valence-corrected chi connectivity index (χ4v) is 2.72. The van der Waals surface area contributed by atoms with Crippen LogP contribution in [-0.2, 0) is 18.9 Å². The zero-order valence-corrected chi connectivity index (χ0v) is 16.8. The third-order valence-corrected chi connectivity index (χ3v) is 4.69. The first kappa shape index (κ1) is 31.5. The smallest absolute Gasteiger partial charge is 0.154 e. The zero-order chi connectivity index (χ0) is 17.9. The maximum atomic E-state index is 5.39. The summed E-state index contributed by atoms with van der Waals surface area (Å²) < 4.78 is 21.1. The van der Waals surface area contributed by atoms with E-state index in [1.165, 1.54) is 25.7 Å². The first-order valence-electron chi connectivity index (χ1n) is 9.83. The van der Waals surface area contributed by atoms with E-state index >= 15 is 0 Å². The Kier molecular flexibility index (Phi) is 20.9. The minimum Gasteiger partial charge on any atom is -0.378 e. The fraction of sp³-hybridized carbons (Fsp3) is 1.00. The Hall–Kier alpha value is -0.160. The number of rotatable bonds is 0. The molecule has 3 rings (SSSR count). The van der Waals surface area contributed by atoms with Gasteiger partial charge in [-0.2, -0.15) is 0 Å². The minimum absolute atomic E-state index is 0. The van der Waals surface area contributed by atoms with E-state index < -0.39 is 0 Å². The molecule has 0 bridgehead atoms. The normalized spacial score (nSPS) is 35.3. The van der Waals surface area contributed by atoms with E-state index in [0.29, 0.717) is 18.1 Å². The quantitative estimate of drug-likeness (QED) is 0.467. The molecule has 0 aromatic heterocycles. The number of hydrogen-bond acceptors (Lipinski definition) is 4. The second-order valence-corrected chi connectivity index (χ2v) is 7.99. The van der Waals surface area contributed by atoms with Crippen molar-refractivity contribution in [3.63, 3.8) is 0 Å². The highest BCUT2D eigenvalue weighted by molar-refractivity contribution is 4.63. The van der Waals surface area contributed by atoms with E-state index in [1.54, 1.807) is 0 Å². The van der Waals surface area contributed by atoms with Crippen LogP contribution in [0, 0.1) is 17.8 Å². The van der Waals surface area contributed by atoms with E-state index in [4.69, 9.17) is 18.9 Å². The highest BCUT2D eigenvalue weighted by Gasteiger charge is 2.14. The lowest BCUT2D eigenvalue weighted by Gasteiger charge is -2.24. The van der Waals surface area contributed by atoms with Crippen LogP contribution in [0.3, 0.4) is 0 Å². The van der Waals surface area contributed by atoms with Crippen molar-refractivity contribution in [3.05, 3.63) is 0 Å². The molecule has 168 valence electrons. The van der Waals surface area contributed by atoms with Gasteiger partial charge >= 0.3 is 0 Å². The Morgan fingerprint density at radius 3 is 1.00 bits per heavy atom. The van der Waals surface area contributed by atoms with Gasteiger partial charge in [0.05, 0.1) is 25.4 Å². The molecule has 0 saturated carbocycles. The van der Waals surface area contributed by atoms with E-state index in [9.17, 15) is 0 Å². The molecule has 4 unspecified atom stereocenters. The van der Waals surface area contributed by atoms with Gasteiger partial charge in [0.15, 0.2) is 6.29 Å². The van der Waals surface area contributed by atoms with Crippen molar-refractivity contribution in [1.82, 2.24) is 0 Å². The van der Waals surface area contributed by atoms with Crippen LogP contribution in [0.4, 0.5) is 0 Å². The topological polar surface area (TPSA) is 36.9 Å². The molecule has 3 aliphatic rings. The molecule has 0 N–H and O–H groups in total. The molecular weight excluding hydrogens is 340 g/mol. The molecule has 3 aliphatic heterocycles. The van der Waals surface area contributed by atoms with Crippen molar-refractivity contribution >= 4 is 0 Å².